The fraction of sp³-hybridized carbons (Fsp3) is 0.333. The van der Waals surface area contributed by atoms with Gasteiger partial charge in [-0.2, -0.15) is 10.2 Å². The van der Waals surface area contributed by atoms with Crippen molar-refractivity contribution in [3.63, 3.8) is 0 Å². The van der Waals surface area contributed by atoms with Gasteiger partial charge in [0.1, 0.15) is 0 Å². The number of rotatable bonds is 6. The Labute approximate surface area is 208 Å². The van der Waals surface area contributed by atoms with Crippen LogP contribution in [0.4, 0.5) is 5.95 Å². The molecule has 1 aliphatic rings. The molecular weight excluding hydrogens is 454 g/mol. The Morgan fingerprint density at radius 2 is 1.83 bits per heavy atom. The zero-order chi connectivity index (χ0) is 25.2. The molecule has 4 aromatic rings. The zero-order valence-corrected chi connectivity index (χ0v) is 20.3. The highest BCUT2D eigenvalue weighted by atomic mass is 16.2. The minimum atomic E-state index is -0.402. The molecule has 1 aliphatic heterocycles. The summed E-state index contributed by atoms with van der Waals surface area (Å²) in [7, 11) is 1.50. The van der Waals surface area contributed by atoms with Crippen molar-refractivity contribution in [2.24, 2.45) is 12.8 Å². The van der Waals surface area contributed by atoms with Gasteiger partial charge in [-0.15, -0.1) is 0 Å². The fourth-order valence-corrected chi connectivity index (χ4v) is 4.95. The zero-order valence-electron chi connectivity index (χ0n) is 20.3. The molecule has 36 heavy (non-hydrogen) atoms. The monoisotopic (exact) mass is 483 g/mol. The first-order chi connectivity index (χ1) is 17.5. The molecule has 184 valence electrons. The van der Waals surface area contributed by atoms with Gasteiger partial charge in [-0.25, -0.2) is 4.79 Å². The van der Waals surface area contributed by atoms with Gasteiger partial charge in [0.2, 0.25) is 5.95 Å². The van der Waals surface area contributed by atoms with Crippen molar-refractivity contribution in [2.75, 3.05) is 18.0 Å². The normalized spacial score (nSPS) is 15.8. The lowest BCUT2D eigenvalue weighted by atomic mass is 10.1. The number of aryl methyl sites for hydroxylation is 2. The predicted octanol–water partition coefficient (Wildman–Crippen LogP) is 1.99. The minimum Gasteiger partial charge on any atom is -0.341 e. The lowest BCUT2D eigenvalue weighted by molar-refractivity contribution is 0.495. The summed E-state index contributed by atoms with van der Waals surface area (Å²) in [6.07, 6.45) is 2.47. The highest BCUT2D eigenvalue weighted by molar-refractivity contribution is 5.75. The van der Waals surface area contributed by atoms with Gasteiger partial charge in [0.15, 0.2) is 11.2 Å². The van der Waals surface area contributed by atoms with Crippen LogP contribution >= 0.6 is 0 Å². The van der Waals surface area contributed by atoms with Crippen LogP contribution in [0.25, 0.3) is 11.2 Å². The first-order valence-corrected chi connectivity index (χ1v) is 12.2. The molecule has 9 heteroatoms. The van der Waals surface area contributed by atoms with Gasteiger partial charge in [-0.3, -0.25) is 18.5 Å². The van der Waals surface area contributed by atoms with Crippen molar-refractivity contribution in [3.8, 4) is 6.07 Å². The molecule has 1 saturated heterocycles. The van der Waals surface area contributed by atoms with E-state index in [1.54, 1.807) is 10.6 Å². The maximum Gasteiger partial charge on any atom is 0.332 e. The van der Waals surface area contributed by atoms with Crippen molar-refractivity contribution in [3.05, 3.63) is 92.1 Å². The average molecular weight is 484 g/mol. The lowest BCUT2D eigenvalue weighted by Gasteiger charge is -2.32. The van der Waals surface area contributed by atoms with Gasteiger partial charge in [0.05, 0.1) is 18.2 Å². The van der Waals surface area contributed by atoms with E-state index < -0.39 is 11.2 Å². The number of benzene rings is 2. The van der Waals surface area contributed by atoms with Gasteiger partial charge in [0, 0.05) is 32.7 Å². The molecule has 0 saturated carbocycles. The highest BCUT2D eigenvalue weighted by Crippen LogP contribution is 2.25. The molecular formula is C27H29N7O2. The van der Waals surface area contributed by atoms with Gasteiger partial charge in [-0.1, -0.05) is 48.5 Å². The summed E-state index contributed by atoms with van der Waals surface area (Å²) in [5, 5.41) is 9.66. The largest absolute Gasteiger partial charge is 0.341 e. The van der Waals surface area contributed by atoms with E-state index in [-0.39, 0.29) is 12.6 Å². The molecule has 1 unspecified atom stereocenters. The Morgan fingerprint density at radius 1 is 1.08 bits per heavy atom. The molecule has 9 nitrogen and oxygen atoms in total. The van der Waals surface area contributed by atoms with Crippen LogP contribution < -0.4 is 21.9 Å². The number of nitrogens with zero attached hydrogens (tertiary/aromatic N) is 6. The molecule has 0 aliphatic carbocycles. The molecule has 0 bridgehead atoms. The second kappa shape index (κ2) is 9.84. The van der Waals surface area contributed by atoms with Crippen LogP contribution in [0.2, 0.25) is 0 Å². The third-order valence-electron chi connectivity index (χ3n) is 6.88. The molecule has 5 rings (SSSR count). The quantitative estimate of drug-likeness (QED) is 0.449. The molecule has 2 aromatic heterocycles. The number of imidazole rings is 1. The van der Waals surface area contributed by atoms with Crippen molar-refractivity contribution in [2.45, 2.75) is 38.4 Å². The topological polar surface area (TPSA) is 115 Å². The summed E-state index contributed by atoms with van der Waals surface area (Å²) in [6.45, 7) is 2.04. The molecule has 1 fully saturated rings. The first kappa shape index (κ1) is 23.6. The van der Waals surface area contributed by atoms with Crippen molar-refractivity contribution in [1.29, 1.82) is 5.26 Å². The van der Waals surface area contributed by atoms with Crippen LogP contribution in [-0.4, -0.2) is 37.8 Å². The van der Waals surface area contributed by atoms with E-state index in [0.29, 0.717) is 42.2 Å². The van der Waals surface area contributed by atoms with Crippen LogP contribution in [0.5, 0.6) is 0 Å². The summed E-state index contributed by atoms with van der Waals surface area (Å²) in [5.41, 5.74) is 8.62. The van der Waals surface area contributed by atoms with E-state index in [2.05, 4.69) is 11.0 Å². The van der Waals surface area contributed by atoms with Crippen LogP contribution in [-0.2, 0) is 26.6 Å². The van der Waals surface area contributed by atoms with E-state index >= 15 is 0 Å². The van der Waals surface area contributed by atoms with Crippen molar-refractivity contribution in [1.82, 2.24) is 18.7 Å². The number of anilines is 1. The maximum absolute atomic E-state index is 13.5. The van der Waals surface area contributed by atoms with E-state index in [4.69, 9.17) is 10.7 Å². The highest BCUT2D eigenvalue weighted by Gasteiger charge is 2.27. The Hall–Kier alpha value is -4.16. The van der Waals surface area contributed by atoms with Crippen LogP contribution in [0.15, 0.2) is 64.2 Å². The van der Waals surface area contributed by atoms with Gasteiger partial charge >= 0.3 is 5.69 Å². The predicted molar refractivity (Wildman–Crippen MR) is 139 cm³/mol. The number of nitrogens with two attached hydrogens (primary N) is 1. The van der Waals surface area contributed by atoms with E-state index in [9.17, 15) is 14.9 Å². The summed E-state index contributed by atoms with van der Waals surface area (Å²) in [4.78, 5) is 33.7. The molecule has 0 spiro atoms. The average Bonchev–Trinajstić information content (AvgIpc) is 3.27. The van der Waals surface area contributed by atoms with Gasteiger partial charge < -0.3 is 10.6 Å². The Kier molecular flexibility index (Phi) is 6.44. The van der Waals surface area contributed by atoms with Gasteiger partial charge in [0.25, 0.3) is 5.56 Å². The first-order valence-electron chi connectivity index (χ1n) is 12.2. The number of hydrogen-bond donors (Lipinski definition) is 1. The molecule has 0 amide bonds. The standard InChI is InChI=1S/C27H29N7O2/c1-31-25(35)23-24(33(27(31)36)15-13-19-8-3-2-4-9-19)30-26(32-14-7-12-22(29)18-32)34(23)17-21-11-6-5-10-20(21)16-28/h2-6,8-11,22H,7,12-15,17-18,29H2,1H3. The molecule has 1 atom stereocenters. The summed E-state index contributed by atoms with van der Waals surface area (Å²) >= 11 is 0. The lowest BCUT2D eigenvalue weighted by Crippen LogP contribution is -2.44. The fourth-order valence-electron chi connectivity index (χ4n) is 4.95. The summed E-state index contributed by atoms with van der Waals surface area (Å²) < 4.78 is 4.58. The van der Waals surface area contributed by atoms with Gasteiger partial charge in [-0.05, 0) is 36.5 Å². The van der Waals surface area contributed by atoms with Crippen LogP contribution in [0.3, 0.4) is 0 Å². The number of fused-ring (bicyclic) bond motifs is 1. The number of piperidine rings is 1. The van der Waals surface area contributed by atoms with E-state index in [0.717, 1.165) is 35.1 Å². The summed E-state index contributed by atoms with van der Waals surface area (Å²) in [5.74, 6) is 0.601. The third-order valence-corrected chi connectivity index (χ3v) is 6.88. The SMILES string of the molecule is Cn1c(=O)c2c(nc(N3CCCC(N)C3)n2Cc2ccccc2C#N)n(CCc2ccccc2)c1=O. The van der Waals surface area contributed by atoms with Crippen LogP contribution in [0.1, 0.15) is 29.5 Å². The third kappa shape index (κ3) is 4.32. The Balaban J connectivity index is 1.70. The molecule has 0 radical (unpaired) electrons. The Morgan fingerprint density at radius 3 is 2.58 bits per heavy atom. The maximum atomic E-state index is 13.5. The Bertz CT molecular complexity index is 1560. The minimum absolute atomic E-state index is 0.00140. The van der Waals surface area contributed by atoms with Crippen molar-refractivity contribution >= 4 is 17.1 Å². The summed E-state index contributed by atoms with van der Waals surface area (Å²) in [6, 6.07) is 19.5. The number of aromatic nitrogens is 4. The van der Waals surface area contributed by atoms with E-state index in [1.807, 2.05) is 53.1 Å². The van der Waals surface area contributed by atoms with Crippen LogP contribution in [0, 0.1) is 11.3 Å². The number of hydrogen-bond acceptors (Lipinski definition) is 6. The molecule has 2 aromatic carbocycles. The second-order valence-electron chi connectivity index (χ2n) is 9.32. The molecule has 3 heterocycles. The number of nitriles is 1. The molecule has 2 N–H and O–H groups in total. The van der Waals surface area contributed by atoms with Crippen molar-refractivity contribution < 1.29 is 0 Å². The smallest absolute Gasteiger partial charge is 0.332 e. The second-order valence-corrected chi connectivity index (χ2v) is 9.32. The van der Waals surface area contributed by atoms with E-state index in [1.165, 1.54) is 7.05 Å².